The fourth-order valence-corrected chi connectivity index (χ4v) is 1.27. The molecule has 0 rings (SSSR count). The lowest BCUT2D eigenvalue weighted by Gasteiger charge is -2.41. The highest BCUT2D eigenvalue weighted by molar-refractivity contribution is 5.10. The van der Waals surface area contributed by atoms with E-state index >= 15 is 0 Å². The largest absolute Gasteiger partial charge is 0.460 e. The fraction of sp³-hybridized carbons (Fsp3) is 0.900. The summed E-state index contributed by atoms with van der Waals surface area (Å²) in [7, 11) is 0. The Kier molecular flexibility index (Phi) is 5.35. The molecule has 0 spiro atoms. The molecule has 0 aromatic rings. The number of alkyl halides is 13. The average molecular weight is 375 g/mol. The number of hydrogen-bond acceptors (Lipinski definition) is 0. The smallest absolute Gasteiger partial charge is 0.199 e. The molecular weight excluding hydrogens is 367 g/mol. The molecule has 0 aromatic heterocycles. The van der Waals surface area contributed by atoms with Crippen LogP contribution in [0.2, 0.25) is 0 Å². The van der Waals surface area contributed by atoms with Gasteiger partial charge in [0.25, 0.3) is 0 Å². The molecule has 0 N–H and O–H groups in total. The third-order valence-electron chi connectivity index (χ3n) is 3.01. The molecule has 23 heavy (non-hydrogen) atoms. The minimum absolute atomic E-state index is 0.150. The summed E-state index contributed by atoms with van der Waals surface area (Å²) >= 11 is 0. The predicted molar refractivity (Wildman–Crippen MR) is 49.9 cm³/mol. The van der Waals surface area contributed by atoms with Gasteiger partial charge < -0.3 is 0 Å². The van der Waals surface area contributed by atoms with Crippen LogP contribution in [0.3, 0.4) is 0 Å². The molecule has 0 bridgehead atoms. The van der Waals surface area contributed by atoms with Crippen molar-refractivity contribution in [2.75, 3.05) is 0 Å². The number of halogens is 13. The normalized spacial score (nSPS) is 17.3. The molecule has 0 heterocycles. The monoisotopic (exact) mass is 375 g/mol. The van der Waals surface area contributed by atoms with Crippen LogP contribution in [0.25, 0.3) is 0 Å². The first kappa shape index (κ1) is 22.1. The zero-order valence-corrected chi connectivity index (χ0v) is 10.9. The Morgan fingerprint density at radius 1 is 0.609 bits per heavy atom. The van der Waals surface area contributed by atoms with Gasteiger partial charge in [-0.15, -0.1) is 0 Å². The van der Waals surface area contributed by atoms with Crippen LogP contribution in [0, 0.1) is 12.8 Å². The summed E-state index contributed by atoms with van der Waals surface area (Å²) in [4.78, 5) is 0. The summed E-state index contributed by atoms with van der Waals surface area (Å²) in [6, 6.07) is 0. The Bertz CT molecular complexity index is 419. The van der Waals surface area contributed by atoms with Crippen molar-refractivity contribution in [1.29, 1.82) is 0 Å². The van der Waals surface area contributed by atoms with E-state index in [9.17, 15) is 57.1 Å². The first-order valence-electron chi connectivity index (χ1n) is 5.48. The summed E-state index contributed by atoms with van der Waals surface area (Å²) in [5.74, 6) is -39.3. The van der Waals surface area contributed by atoms with Crippen molar-refractivity contribution >= 4 is 0 Å². The summed E-state index contributed by atoms with van der Waals surface area (Å²) < 4.78 is 164. The fourth-order valence-electron chi connectivity index (χ4n) is 1.27. The Morgan fingerprint density at radius 3 is 1.17 bits per heavy atom. The molecular formula is C10H8F13. The second-order valence-electron chi connectivity index (χ2n) is 4.61. The van der Waals surface area contributed by atoms with Crippen LogP contribution < -0.4 is 0 Å². The molecule has 0 amide bonds. The van der Waals surface area contributed by atoms with Crippen LogP contribution in [0.15, 0.2) is 0 Å². The summed E-state index contributed by atoms with van der Waals surface area (Å²) in [6.45, 7) is 2.77. The van der Waals surface area contributed by atoms with E-state index in [1.54, 1.807) is 0 Å². The number of hydrogen-bond donors (Lipinski definition) is 0. The Hall–Kier alpha value is -0.910. The van der Waals surface area contributed by atoms with E-state index < -0.39 is 48.1 Å². The van der Waals surface area contributed by atoms with Crippen molar-refractivity contribution in [3.05, 3.63) is 6.92 Å². The third-order valence-corrected chi connectivity index (χ3v) is 3.01. The van der Waals surface area contributed by atoms with Crippen LogP contribution in [-0.2, 0) is 0 Å². The van der Waals surface area contributed by atoms with Gasteiger partial charge in [-0.1, -0.05) is 13.8 Å². The van der Waals surface area contributed by atoms with Crippen molar-refractivity contribution in [3.63, 3.8) is 0 Å². The van der Waals surface area contributed by atoms with Gasteiger partial charge in [0.1, 0.15) is 0 Å². The van der Waals surface area contributed by atoms with E-state index in [-0.39, 0.29) is 6.92 Å². The van der Waals surface area contributed by atoms with Crippen molar-refractivity contribution in [3.8, 4) is 0 Å². The summed E-state index contributed by atoms with van der Waals surface area (Å²) in [6.07, 6.45) is -8.61. The number of rotatable bonds is 6. The quantitative estimate of drug-likeness (QED) is 0.532. The molecule has 1 radical (unpaired) electrons. The SMILES string of the molecule is [CH2]CC(C)C(F)(F)C(F)(F)C(F)(F)C(F)(F)C(F)(F)C(F)(F)F. The van der Waals surface area contributed by atoms with Gasteiger partial charge in [-0.05, 0) is 6.42 Å². The van der Waals surface area contributed by atoms with E-state index in [2.05, 4.69) is 6.92 Å². The van der Waals surface area contributed by atoms with Crippen LogP contribution in [0.5, 0.6) is 0 Å². The molecule has 0 aliphatic heterocycles. The highest BCUT2D eigenvalue weighted by Gasteiger charge is 2.90. The molecule has 0 saturated heterocycles. The highest BCUT2D eigenvalue weighted by Crippen LogP contribution is 2.61. The highest BCUT2D eigenvalue weighted by atomic mass is 19.4. The van der Waals surface area contributed by atoms with Gasteiger partial charge in [-0.3, -0.25) is 0 Å². The maximum atomic E-state index is 13.2. The minimum Gasteiger partial charge on any atom is -0.199 e. The zero-order chi connectivity index (χ0) is 19.3. The first-order chi connectivity index (χ1) is 9.73. The summed E-state index contributed by atoms with van der Waals surface area (Å²) in [5.41, 5.74) is 0. The van der Waals surface area contributed by atoms with Crippen LogP contribution >= 0.6 is 0 Å². The zero-order valence-electron chi connectivity index (χ0n) is 10.9. The van der Waals surface area contributed by atoms with E-state index in [0.29, 0.717) is 0 Å². The summed E-state index contributed by atoms with van der Waals surface area (Å²) in [5, 5.41) is 0. The molecule has 1 atom stereocenters. The second-order valence-corrected chi connectivity index (χ2v) is 4.61. The van der Waals surface area contributed by atoms with E-state index in [0.717, 1.165) is 0 Å². The van der Waals surface area contributed by atoms with Gasteiger partial charge in [0.05, 0.1) is 0 Å². The van der Waals surface area contributed by atoms with Crippen LogP contribution in [0.1, 0.15) is 13.3 Å². The van der Waals surface area contributed by atoms with Gasteiger partial charge in [0.15, 0.2) is 0 Å². The van der Waals surface area contributed by atoms with Crippen molar-refractivity contribution < 1.29 is 57.1 Å². The van der Waals surface area contributed by atoms with Gasteiger partial charge in [-0.25, -0.2) is 0 Å². The minimum atomic E-state index is -7.84. The lowest BCUT2D eigenvalue weighted by atomic mass is 9.87. The molecule has 0 nitrogen and oxygen atoms in total. The standard InChI is InChI=1S/C10H8F13/c1-3-4(2)5(11,12)6(13,14)7(15,16)8(17,18)9(19,20)10(21,22)23/h4H,1,3H2,2H3. The van der Waals surface area contributed by atoms with Crippen LogP contribution in [-0.4, -0.2) is 35.8 Å². The van der Waals surface area contributed by atoms with E-state index in [4.69, 9.17) is 0 Å². The van der Waals surface area contributed by atoms with Gasteiger partial charge in [-0.2, -0.15) is 57.1 Å². The van der Waals surface area contributed by atoms with E-state index in [1.807, 2.05) is 0 Å². The molecule has 0 aliphatic carbocycles. The molecule has 0 aromatic carbocycles. The molecule has 0 aliphatic rings. The molecule has 139 valence electrons. The maximum Gasteiger partial charge on any atom is 0.460 e. The molecule has 0 saturated carbocycles. The van der Waals surface area contributed by atoms with Gasteiger partial charge >= 0.3 is 35.8 Å². The third kappa shape index (κ3) is 2.83. The van der Waals surface area contributed by atoms with Crippen molar-refractivity contribution in [2.24, 2.45) is 5.92 Å². The Balaban J connectivity index is 6.25. The van der Waals surface area contributed by atoms with Gasteiger partial charge in [0, 0.05) is 5.92 Å². The average Bonchev–Trinajstić information content (AvgIpc) is 2.35. The van der Waals surface area contributed by atoms with Gasteiger partial charge in [0.2, 0.25) is 0 Å². The molecule has 0 fully saturated rings. The topological polar surface area (TPSA) is 0 Å². The lowest BCUT2D eigenvalue weighted by molar-refractivity contribution is -0.442. The molecule has 13 heteroatoms. The predicted octanol–water partition coefficient (Wildman–Crippen LogP) is 5.59. The van der Waals surface area contributed by atoms with Crippen molar-refractivity contribution in [2.45, 2.75) is 49.1 Å². The molecule has 1 unspecified atom stereocenters. The van der Waals surface area contributed by atoms with Crippen molar-refractivity contribution in [1.82, 2.24) is 0 Å². The van der Waals surface area contributed by atoms with Crippen LogP contribution in [0.4, 0.5) is 57.1 Å². The first-order valence-corrected chi connectivity index (χ1v) is 5.48. The Morgan fingerprint density at radius 2 is 0.913 bits per heavy atom. The Labute approximate surface area is 120 Å². The second kappa shape index (κ2) is 5.57. The van der Waals surface area contributed by atoms with E-state index in [1.165, 1.54) is 0 Å². The lowest BCUT2D eigenvalue weighted by Crippen LogP contribution is -2.70. The maximum absolute atomic E-state index is 13.2.